The van der Waals surface area contributed by atoms with Crippen molar-refractivity contribution in [2.45, 2.75) is 6.92 Å². The second-order valence-corrected chi connectivity index (χ2v) is 3.47. The molecule has 0 aromatic heterocycles. The van der Waals surface area contributed by atoms with Crippen molar-refractivity contribution < 1.29 is 12.7 Å². The summed E-state index contributed by atoms with van der Waals surface area (Å²) in [7, 11) is -3.49. The van der Waals surface area contributed by atoms with Crippen LogP contribution in [0.25, 0.3) is 0 Å². The Labute approximate surface area is 58.6 Å². The Bertz CT molecular complexity index is 203. The molecule has 9 heavy (non-hydrogen) atoms. The van der Waals surface area contributed by atoms with E-state index in [0.717, 1.165) is 6.26 Å². The van der Waals surface area contributed by atoms with Gasteiger partial charge in [0.05, 0.1) is 6.26 Å². The topological polar surface area (TPSA) is 55.7 Å². The van der Waals surface area contributed by atoms with Crippen molar-refractivity contribution in [1.29, 1.82) is 0 Å². The molecule has 54 valence electrons. The monoisotopic (exact) mass is 171 g/mol. The minimum absolute atomic E-state index is 0.0421. The van der Waals surface area contributed by atoms with Gasteiger partial charge in [0, 0.05) is 0 Å². The summed E-state index contributed by atoms with van der Waals surface area (Å²) in [6.45, 7) is 1.41. The van der Waals surface area contributed by atoms with Crippen molar-refractivity contribution in [1.82, 2.24) is 0 Å². The van der Waals surface area contributed by atoms with Gasteiger partial charge in [0.2, 0.25) is 0 Å². The smallest absolute Gasteiger partial charge is 0.268 e. The summed E-state index contributed by atoms with van der Waals surface area (Å²) >= 11 is 5.14. The van der Waals surface area contributed by atoms with E-state index in [-0.39, 0.29) is 5.17 Å². The molecular formula is C3H6ClNO3S. The van der Waals surface area contributed by atoms with Gasteiger partial charge < -0.3 is 0 Å². The summed E-state index contributed by atoms with van der Waals surface area (Å²) in [6, 6.07) is 0. The van der Waals surface area contributed by atoms with Crippen LogP contribution in [0.15, 0.2) is 5.16 Å². The van der Waals surface area contributed by atoms with E-state index in [1.807, 2.05) is 0 Å². The predicted octanol–water partition coefficient (Wildman–Crippen LogP) is 0.535. The molecule has 0 radical (unpaired) electrons. The number of hydrogen-bond donors (Lipinski definition) is 0. The van der Waals surface area contributed by atoms with Crippen molar-refractivity contribution in [2.24, 2.45) is 5.16 Å². The first kappa shape index (κ1) is 8.71. The first-order valence-electron chi connectivity index (χ1n) is 2.00. The molecule has 0 bridgehead atoms. The molecular weight excluding hydrogens is 166 g/mol. The molecule has 0 amide bonds. The fraction of sp³-hybridized carbons (Fsp3) is 0.667. The quantitative estimate of drug-likeness (QED) is 0.450. The highest BCUT2D eigenvalue weighted by Crippen LogP contribution is 1.90. The lowest BCUT2D eigenvalue weighted by Crippen LogP contribution is -1.97. The average Bonchev–Trinajstić information content (AvgIpc) is 1.59. The Balaban J connectivity index is 3.95. The van der Waals surface area contributed by atoms with Gasteiger partial charge in [-0.15, -0.1) is 0 Å². The minimum Gasteiger partial charge on any atom is -0.268 e. The van der Waals surface area contributed by atoms with E-state index in [9.17, 15) is 8.42 Å². The van der Waals surface area contributed by atoms with E-state index in [0.29, 0.717) is 0 Å². The van der Waals surface area contributed by atoms with E-state index >= 15 is 0 Å². The molecule has 0 N–H and O–H groups in total. The molecule has 0 aromatic carbocycles. The number of hydrogen-bond acceptors (Lipinski definition) is 4. The maximum absolute atomic E-state index is 10.1. The molecule has 0 spiro atoms. The Morgan fingerprint density at radius 3 is 2.22 bits per heavy atom. The zero-order valence-corrected chi connectivity index (χ0v) is 6.53. The van der Waals surface area contributed by atoms with E-state index in [1.165, 1.54) is 6.92 Å². The summed E-state index contributed by atoms with van der Waals surface area (Å²) < 4.78 is 24.2. The van der Waals surface area contributed by atoms with E-state index in [2.05, 4.69) is 9.44 Å². The third kappa shape index (κ3) is 7.71. The number of halogens is 1. The van der Waals surface area contributed by atoms with Gasteiger partial charge in [0.25, 0.3) is 0 Å². The van der Waals surface area contributed by atoms with Gasteiger partial charge in [-0.3, -0.25) is 4.28 Å². The summed E-state index contributed by atoms with van der Waals surface area (Å²) in [5.74, 6) is 0. The van der Waals surface area contributed by atoms with Gasteiger partial charge >= 0.3 is 10.1 Å². The molecule has 0 aliphatic carbocycles. The standard InChI is InChI=1S/C3H6ClNO3S/c1-3(4)5-8-9(2,6)7/h1-2H3/b5-3+. The minimum atomic E-state index is -3.49. The normalized spacial score (nSPS) is 13.4. The van der Waals surface area contributed by atoms with Crippen LogP contribution in [0.2, 0.25) is 0 Å². The summed E-state index contributed by atoms with van der Waals surface area (Å²) in [5, 5.41) is 3.03. The first-order chi connectivity index (χ1) is 3.92. The number of oxime groups is 1. The molecule has 0 atom stereocenters. The maximum Gasteiger partial charge on any atom is 0.325 e. The lowest BCUT2D eigenvalue weighted by molar-refractivity contribution is 0.344. The van der Waals surface area contributed by atoms with Crippen molar-refractivity contribution >= 4 is 26.9 Å². The van der Waals surface area contributed by atoms with Crippen LogP contribution in [0, 0.1) is 0 Å². The molecule has 0 unspecified atom stereocenters. The lowest BCUT2D eigenvalue weighted by Gasteiger charge is -1.90. The molecule has 0 heterocycles. The second-order valence-electron chi connectivity index (χ2n) is 1.37. The molecule has 0 aromatic rings. The average molecular weight is 172 g/mol. The zero-order valence-electron chi connectivity index (χ0n) is 4.96. The Hall–Kier alpha value is -0.290. The zero-order chi connectivity index (χ0) is 7.49. The van der Waals surface area contributed by atoms with Gasteiger partial charge in [-0.2, -0.15) is 8.42 Å². The van der Waals surface area contributed by atoms with Crippen LogP contribution >= 0.6 is 11.6 Å². The first-order valence-corrected chi connectivity index (χ1v) is 4.20. The van der Waals surface area contributed by atoms with Crippen LogP contribution in [0.4, 0.5) is 0 Å². The van der Waals surface area contributed by atoms with Crippen LogP contribution in [0.5, 0.6) is 0 Å². The van der Waals surface area contributed by atoms with Crippen LogP contribution in [0.3, 0.4) is 0 Å². The molecule has 6 heteroatoms. The van der Waals surface area contributed by atoms with Gasteiger partial charge in [-0.25, -0.2) is 0 Å². The van der Waals surface area contributed by atoms with Crippen LogP contribution in [0.1, 0.15) is 6.92 Å². The fourth-order valence-electron chi connectivity index (χ4n) is 0.119. The van der Waals surface area contributed by atoms with E-state index < -0.39 is 10.1 Å². The van der Waals surface area contributed by atoms with Gasteiger partial charge in [0.1, 0.15) is 5.17 Å². The van der Waals surface area contributed by atoms with Crippen LogP contribution in [-0.4, -0.2) is 19.8 Å². The molecule has 0 aliphatic rings. The van der Waals surface area contributed by atoms with Gasteiger partial charge in [0.15, 0.2) is 0 Å². The van der Waals surface area contributed by atoms with Gasteiger partial charge in [-0.05, 0) is 6.92 Å². The molecule has 0 fully saturated rings. The Morgan fingerprint density at radius 2 is 2.11 bits per heavy atom. The fourth-order valence-corrected chi connectivity index (χ4v) is 0.442. The predicted molar refractivity (Wildman–Crippen MR) is 34.9 cm³/mol. The third-order valence-corrected chi connectivity index (χ3v) is 0.713. The van der Waals surface area contributed by atoms with Crippen LogP contribution < -0.4 is 0 Å². The van der Waals surface area contributed by atoms with Crippen LogP contribution in [-0.2, 0) is 14.4 Å². The van der Waals surface area contributed by atoms with Crippen molar-refractivity contribution in [2.75, 3.05) is 6.26 Å². The van der Waals surface area contributed by atoms with Crippen molar-refractivity contribution in [3.63, 3.8) is 0 Å². The summed E-state index contributed by atoms with van der Waals surface area (Å²) in [6.07, 6.45) is 0.885. The number of rotatable bonds is 2. The lowest BCUT2D eigenvalue weighted by atomic mass is 10.9. The molecule has 4 nitrogen and oxygen atoms in total. The number of nitrogens with zero attached hydrogens (tertiary/aromatic N) is 1. The van der Waals surface area contributed by atoms with Crippen molar-refractivity contribution in [3.8, 4) is 0 Å². The molecule has 0 saturated carbocycles. The highest BCUT2D eigenvalue weighted by atomic mass is 35.5. The highest BCUT2D eigenvalue weighted by molar-refractivity contribution is 7.85. The van der Waals surface area contributed by atoms with Gasteiger partial charge in [-0.1, -0.05) is 16.8 Å². The SMILES string of the molecule is C/C(Cl)=N\OS(C)(=O)=O. The van der Waals surface area contributed by atoms with E-state index in [1.54, 1.807) is 0 Å². The van der Waals surface area contributed by atoms with Crippen molar-refractivity contribution in [3.05, 3.63) is 0 Å². The Kier molecular flexibility index (Phi) is 2.93. The molecule has 0 rings (SSSR count). The molecule has 0 saturated heterocycles. The van der Waals surface area contributed by atoms with E-state index in [4.69, 9.17) is 11.6 Å². The maximum atomic E-state index is 10.1. The highest BCUT2D eigenvalue weighted by Gasteiger charge is 1.97. The largest absolute Gasteiger partial charge is 0.325 e. The summed E-state index contributed by atoms with van der Waals surface area (Å²) in [4.78, 5) is 0. The summed E-state index contributed by atoms with van der Waals surface area (Å²) in [5.41, 5.74) is 0. The Morgan fingerprint density at radius 1 is 1.67 bits per heavy atom. The molecule has 0 aliphatic heterocycles. The third-order valence-electron chi connectivity index (χ3n) is 0.298. The second kappa shape index (κ2) is 3.03.